The van der Waals surface area contributed by atoms with Crippen LogP contribution >= 0.6 is 0 Å². The largest absolute Gasteiger partial charge is 0.355 e. The van der Waals surface area contributed by atoms with Gasteiger partial charge in [0.15, 0.2) is 0 Å². The van der Waals surface area contributed by atoms with E-state index in [1.54, 1.807) is 19.1 Å². The van der Waals surface area contributed by atoms with Crippen LogP contribution in [0.5, 0.6) is 0 Å². The second-order valence-corrected chi connectivity index (χ2v) is 5.23. The molecule has 7 heteroatoms. The standard InChI is InChI=1S/C16H21FN4O2/c1-4-18-14(22)9-21(5-2)10-15-19-16(20-23-15)12-7-6-11(3)13(17)8-12/h6-8H,4-5,9-10H2,1-3H3,(H,18,22). The fourth-order valence-electron chi connectivity index (χ4n) is 2.10. The van der Waals surface area contributed by atoms with Crippen molar-refractivity contribution in [3.63, 3.8) is 0 Å². The summed E-state index contributed by atoms with van der Waals surface area (Å²) >= 11 is 0. The second kappa shape index (κ2) is 7.82. The van der Waals surface area contributed by atoms with Gasteiger partial charge in [-0.3, -0.25) is 9.69 Å². The summed E-state index contributed by atoms with van der Waals surface area (Å²) in [5.74, 6) is 0.384. The Morgan fingerprint density at radius 3 is 2.83 bits per heavy atom. The van der Waals surface area contributed by atoms with Crippen LogP contribution in [0, 0.1) is 12.7 Å². The molecule has 0 aliphatic carbocycles. The molecule has 0 atom stereocenters. The van der Waals surface area contributed by atoms with Gasteiger partial charge in [-0.1, -0.05) is 24.2 Å². The Morgan fingerprint density at radius 2 is 2.17 bits per heavy atom. The number of rotatable bonds is 7. The Hall–Kier alpha value is -2.28. The van der Waals surface area contributed by atoms with Crippen LogP contribution in [0.1, 0.15) is 25.3 Å². The van der Waals surface area contributed by atoms with Gasteiger partial charge in [-0.05, 0) is 32.0 Å². The Bertz CT molecular complexity index is 672. The Kier molecular flexibility index (Phi) is 5.81. The summed E-state index contributed by atoms with van der Waals surface area (Å²) in [6.45, 7) is 7.43. The normalized spacial score (nSPS) is 11.0. The predicted molar refractivity (Wildman–Crippen MR) is 84.1 cm³/mol. The van der Waals surface area contributed by atoms with Gasteiger partial charge in [-0.15, -0.1) is 0 Å². The van der Waals surface area contributed by atoms with Crippen molar-refractivity contribution in [1.29, 1.82) is 0 Å². The monoisotopic (exact) mass is 320 g/mol. The number of carbonyl (C=O) groups excluding carboxylic acids is 1. The highest BCUT2D eigenvalue weighted by Gasteiger charge is 2.15. The fourth-order valence-corrected chi connectivity index (χ4v) is 2.10. The second-order valence-electron chi connectivity index (χ2n) is 5.23. The SMILES string of the molecule is CCNC(=O)CN(CC)Cc1nc(-c2ccc(C)c(F)c2)no1. The third-order valence-electron chi connectivity index (χ3n) is 3.45. The zero-order chi connectivity index (χ0) is 16.8. The number of amides is 1. The number of aryl methyl sites for hydroxylation is 1. The minimum Gasteiger partial charge on any atom is -0.355 e. The topological polar surface area (TPSA) is 71.3 Å². The summed E-state index contributed by atoms with van der Waals surface area (Å²) in [5.41, 5.74) is 1.13. The maximum Gasteiger partial charge on any atom is 0.241 e. The highest BCUT2D eigenvalue weighted by atomic mass is 19.1. The number of aromatic nitrogens is 2. The maximum atomic E-state index is 13.6. The molecule has 0 saturated heterocycles. The van der Waals surface area contributed by atoms with E-state index in [4.69, 9.17) is 4.52 Å². The zero-order valence-electron chi connectivity index (χ0n) is 13.6. The third-order valence-corrected chi connectivity index (χ3v) is 3.45. The van der Waals surface area contributed by atoms with Gasteiger partial charge in [0.1, 0.15) is 5.82 Å². The van der Waals surface area contributed by atoms with Crippen molar-refractivity contribution in [3.05, 3.63) is 35.5 Å². The van der Waals surface area contributed by atoms with Crippen LogP contribution in [0.4, 0.5) is 4.39 Å². The highest BCUT2D eigenvalue weighted by Crippen LogP contribution is 2.19. The molecule has 1 N–H and O–H groups in total. The van der Waals surface area contributed by atoms with E-state index in [1.165, 1.54) is 6.07 Å². The van der Waals surface area contributed by atoms with E-state index in [2.05, 4.69) is 15.5 Å². The molecule has 124 valence electrons. The molecular weight excluding hydrogens is 299 g/mol. The highest BCUT2D eigenvalue weighted by molar-refractivity contribution is 5.77. The molecule has 23 heavy (non-hydrogen) atoms. The van der Waals surface area contributed by atoms with Crippen LogP contribution in [0.3, 0.4) is 0 Å². The summed E-state index contributed by atoms with van der Waals surface area (Å²) < 4.78 is 18.8. The average Bonchev–Trinajstić information content (AvgIpc) is 2.98. The van der Waals surface area contributed by atoms with Crippen molar-refractivity contribution in [3.8, 4) is 11.4 Å². The summed E-state index contributed by atoms with van der Waals surface area (Å²) in [6.07, 6.45) is 0. The summed E-state index contributed by atoms with van der Waals surface area (Å²) in [5, 5.41) is 6.63. The lowest BCUT2D eigenvalue weighted by atomic mass is 10.1. The van der Waals surface area contributed by atoms with Crippen LogP contribution in [0.25, 0.3) is 11.4 Å². The lowest BCUT2D eigenvalue weighted by Gasteiger charge is -2.17. The van der Waals surface area contributed by atoms with E-state index in [1.807, 2.05) is 18.7 Å². The molecule has 0 spiro atoms. The molecule has 2 rings (SSSR count). The molecular formula is C16H21FN4O2. The Labute approximate surface area is 134 Å². The first-order valence-corrected chi connectivity index (χ1v) is 7.61. The summed E-state index contributed by atoms with van der Waals surface area (Å²) in [6, 6.07) is 4.81. The summed E-state index contributed by atoms with van der Waals surface area (Å²) in [7, 11) is 0. The first-order chi connectivity index (χ1) is 11.0. The third kappa shape index (κ3) is 4.59. The van der Waals surface area contributed by atoms with E-state index in [0.717, 1.165) is 0 Å². The number of carbonyl (C=O) groups is 1. The van der Waals surface area contributed by atoms with E-state index < -0.39 is 0 Å². The molecule has 0 bridgehead atoms. The number of hydrogen-bond donors (Lipinski definition) is 1. The van der Waals surface area contributed by atoms with Crippen molar-refractivity contribution in [2.45, 2.75) is 27.3 Å². The quantitative estimate of drug-likeness (QED) is 0.846. The number of hydrogen-bond acceptors (Lipinski definition) is 5. The fraction of sp³-hybridized carbons (Fsp3) is 0.438. The van der Waals surface area contributed by atoms with Gasteiger partial charge in [0.2, 0.25) is 17.6 Å². The molecule has 1 aromatic carbocycles. The van der Waals surface area contributed by atoms with E-state index in [9.17, 15) is 9.18 Å². The molecule has 0 radical (unpaired) electrons. The minimum atomic E-state index is -0.305. The lowest BCUT2D eigenvalue weighted by Crippen LogP contribution is -2.36. The van der Waals surface area contributed by atoms with E-state index in [0.29, 0.717) is 42.5 Å². The molecule has 2 aromatic rings. The molecule has 0 aliphatic heterocycles. The molecule has 0 unspecified atom stereocenters. The van der Waals surface area contributed by atoms with E-state index >= 15 is 0 Å². The van der Waals surface area contributed by atoms with Gasteiger partial charge in [0.05, 0.1) is 13.1 Å². The maximum absolute atomic E-state index is 13.6. The Morgan fingerprint density at radius 1 is 1.39 bits per heavy atom. The molecule has 0 fully saturated rings. The van der Waals surface area contributed by atoms with Gasteiger partial charge in [-0.25, -0.2) is 4.39 Å². The van der Waals surface area contributed by atoms with Crippen LogP contribution in [0.2, 0.25) is 0 Å². The first kappa shape index (κ1) is 17.1. The van der Waals surface area contributed by atoms with Crippen molar-refractivity contribution in [1.82, 2.24) is 20.4 Å². The lowest BCUT2D eigenvalue weighted by molar-refractivity contribution is -0.122. The van der Waals surface area contributed by atoms with Crippen molar-refractivity contribution >= 4 is 5.91 Å². The summed E-state index contributed by atoms with van der Waals surface area (Å²) in [4.78, 5) is 17.8. The molecule has 1 heterocycles. The smallest absolute Gasteiger partial charge is 0.241 e. The van der Waals surface area contributed by atoms with Gasteiger partial charge in [0.25, 0.3) is 0 Å². The van der Waals surface area contributed by atoms with Crippen molar-refractivity contribution in [2.24, 2.45) is 0 Å². The number of halogens is 1. The van der Waals surface area contributed by atoms with Crippen LogP contribution < -0.4 is 5.32 Å². The van der Waals surface area contributed by atoms with Crippen LogP contribution in [-0.2, 0) is 11.3 Å². The molecule has 0 saturated carbocycles. The molecule has 6 nitrogen and oxygen atoms in total. The number of nitrogens with one attached hydrogen (secondary N) is 1. The minimum absolute atomic E-state index is 0.0466. The van der Waals surface area contributed by atoms with Crippen LogP contribution in [-0.4, -0.2) is 40.6 Å². The molecule has 1 aromatic heterocycles. The molecule has 0 aliphatic rings. The first-order valence-electron chi connectivity index (χ1n) is 7.61. The van der Waals surface area contributed by atoms with Crippen molar-refractivity contribution in [2.75, 3.05) is 19.6 Å². The Balaban J connectivity index is 2.06. The van der Waals surface area contributed by atoms with Gasteiger partial charge < -0.3 is 9.84 Å². The zero-order valence-corrected chi connectivity index (χ0v) is 13.6. The van der Waals surface area contributed by atoms with Gasteiger partial charge in [-0.2, -0.15) is 4.98 Å². The predicted octanol–water partition coefficient (Wildman–Crippen LogP) is 2.14. The van der Waals surface area contributed by atoms with Crippen molar-refractivity contribution < 1.29 is 13.7 Å². The average molecular weight is 320 g/mol. The number of likely N-dealkylation sites (N-methyl/N-ethyl adjacent to an activating group) is 2. The van der Waals surface area contributed by atoms with Crippen LogP contribution in [0.15, 0.2) is 22.7 Å². The van der Waals surface area contributed by atoms with E-state index in [-0.39, 0.29) is 18.3 Å². The number of benzene rings is 1. The van der Waals surface area contributed by atoms with Gasteiger partial charge in [0, 0.05) is 12.1 Å². The number of nitrogens with zero attached hydrogens (tertiary/aromatic N) is 3. The molecule has 1 amide bonds. The van der Waals surface area contributed by atoms with Gasteiger partial charge >= 0.3 is 0 Å².